The molecule has 1 unspecified atom stereocenters. The zero-order valence-corrected chi connectivity index (χ0v) is 13.5. The van der Waals surface area contributed by atoms with Crippen molar-refractivity contribution in [2.45, 2.75) is 38.7 Å². The molecule has 0 amide bonds. The molecule has 2 rings (SSSR count). The number of halogens is 2. The minimum absolute atomic E-state index is 0.209. The van der Waals surface area contributed by atoms with Gasteiger partial charge in [0.2, 0.25) is 0 Å². The summed E-state index contributed by atoms with van der Waals surface area (Å²) in [6.07, 6.45) is 3.66. The average Bonchev–Trinajstić information content (AvgIpc) is 2.42. The molecule has 0 saturated heterocycles. The maximum absolute atomic E-state index is 10.8. The summed E-state index contributed by atoms with van der Waals surface area (Å²) in [6.45, 7) is 2.78. The largest absolute Gasteiger partial charge is 0.388 e. The molecular weight excluding hydrogens is 326 g/mol. The summed E-state index contributed by atoms with van der Waals surface area (Å²) in [5, 5.41) is 11.5. The van der Waals surface area contributed by atoms with E-state index in [1.807, 2.05) is 18.2 Å². The Morgan fingerprint density at radius 2 is 2.11 bits per heavy atom. The van der Waals surface area contributed by atoms with E-state index in [2.05, 4.69) is 22.9 Å². The van der Waals surface area contributed by atoms with E-state index in [1.165, 1.54) is 0 Å². The highest BCUT2D eigenvalue weighted by atomic mass is 79.9. The summed E-state index contributed by atoms with van der Waals surface area (Å²) in [5.74, 6) is 0.731. The monoisotopic (exact) mass is 345 g/mol. The fourth-order valence-electron chi connectivity index (χ4n) is 2.98. The second-order valence-corrected chi connectivity index (χ2v) is 7.11. The van der Waals surface area contributed by atoms with Gasteiger partial charge in [0, 0.05) is 21.5 Å². The number of aliphatic hydroxyl groups is 1. The lowest BCUT2D eigenvalue weighted by molar-refractivity contribution is -0.00861. The molecule has 1 fully saturated rings. The van der Waals surface area contributed by atoms with Crippen molar-refractivity contribution in [2.75, 3.05) is 6.54 Å². The van der Waals surface area contributed by atoms with E-state index in [0.29, 0.717) is 11.6 Å². The highest BCUT2D eigenvalue weighted by molar-refractivity contribution is 9.10. The molecule has 0 spiro atoms. The molecule has 4 heteroatoms. The molecule has 1 saturated carbocycles. The van der Waals surface area contributed by atoms with Gasteiger partial charge in [-0.2, -0.15) is 0 Å². The summed E-state index contributed by atoms with van der Waals surface area (Å²) in [7, 11) is 0. The second kappa shape index (κ2) is 6.13. The van der Waals surface area contributed by atoms with E-state index >= 15 is 0 Å². The lowest BCUT2D eigenvalue weighted by Crippen LogP contribution is -2.40. The quantitative estimate of drug-likeness (QED) is 0.857. The number of hydrogen-bond donors (Lipinski definition) is 2. The summed E-state index contributed by atoms with van der Waals surface area (Å²) in [5.41, 5.74) is 6.65. The molecule has 0 radical (unpaired) electrons. The first-order valence-corrected chi connectivity index (χ1v) is 7.99. The van der Waals surface area contributed by atoms with Gasteiger partial charge in [-0.1, -0.05) is 47.3 Å². The first-order chi connectivity index (χ1) is 8.98. The minimum Gasteiger partial charge on any atom is -0.388 e. The Balaban J connectivity index is 2.30. The molecule has 2 nitrogen and oxygen atoms in total. The molecule has 0 aliphatic heterocycles. The molecule has 1 aliphatic carbocycles. The van der Waals surface area contributed by atoms with E-state index in [0.717, 1.165) is 41.6 Å². The van der Waals surface area contributed by atoms with Gasteiger partial charge in [-0.15, -0.1) is 0 Å². The minimum atomic E-state index is -0.557. The smallest absolute Gasteiger partial charge is 0.0869 e. The molecular formula is C15H21BrClNO. The van der Waals surface area contributed by atoms with Gasteiger partial charge in [-0.3, -0.25) is 0 Å². The predicted octanol–water partition coefficient (Wildman–Crippen LogP) is 4.29. The molecule has 0 aromatic heterocycles. The van der Waals surface area contributed by atoms with Gasteiger partial charge in [-0.25, -0.2) is 0 Å². The van der Waals surface area contributed by atoms with Crippen LogP contribution in [0.5, 0.6) is 0 Å². The van der Waals surface area contributed by atoms with Crippen LogP contribution in [0.15, 0.2) is 22.7 Å². The first kappa shape index (κ1) is 15.3. The molecule has 3 N–H and O–H groups in total. The molecule has 1 aromatic rings. The number of nitrogens with two attached hydrogens (primary N) is 1. The highest BCUT2D eigenvalue weighted by Gasteiger charge is 2.40. The Hall–Kier alpha value is -0.0900. The van der Waals surface area contributed by atoms with E-state index in [9.17, 15) is 5.11 Å². The Morgan fingerprint density at radius 3 is 2.68 bits per heavy atom. The van der Waals surface area contributed by atoms with Crippen LogP contribution in [0.25, 0.3) is 0 Å². The van der Waals surface area contributed by atoms with Gasteiger partial charge in [0.05, 0.1) is 6.10 Å². The summed E-state index contributed by atoms with van der Waals surface area (Å²) in [6, 6.07) is 5.54. The first-order valence-electron chi connectivity index (χ1n) is 6.81. The molecule has 1 atom stereocenters. The normalized spacial score (nSPS) is 29.2. The second-order valence-electron chi connectivity index (χ2n) is 5.82. The zero-order valence-electron chi connectivity index (χ0n) is 11.2. The topological polar surface area (TPSA) is 46.2 Å². The Morgan fingerprint density at radius 1 is 1.47 bits per heavy atom. The summed E-state index contributed by atoms with van der Waals surface area (Å²) >= 11 is 9.55. The fraction of sp³-hybridized carbons (Fsp3) is 0.600. The van der Waals surface area contributed by atoms with Crippen LogP contribution in [0.1, 0.15) is 44.3 Å². The van der Waals surface area contributed by atoms with Crippen molar-refractivity contribution >= 4 is 27.5 Å². The van der Waals surface area contributed by atoms with Gasteiger partial charge in [0.1, 0.15) is 0 Å². The molecule has 106 valence electrons. The van der Waals surface area contributed by atoms with Crippen molar-refractivity contribution in [2.24, 2.45) is 17.1 Å². The molecule has 1 aliphatic rings. The lowest BCUT2D eigenvalue weighted by Gasteiger charge is -2.42. The number of hydrogen-bond acceptors (Lipinski definition) is 2. The van der Waals surface area contributed by atoms with Crippen molar-refractivity contribution in [3.63, 3.8) is 0 Å². The average molecular weight is 347 g/mol. The van der Waals surface area contributed by atoms with Crippen LogP contribution in [-0.2, 0) is 0 Å². The molecule has 1 aromatic carbocycles. The number of aliphatic hydroxyl groups excluding tert-OH is 1. The summed E-state index contributed by atoms with van der Waals surface area (Å²) < 4.78 is 0.899. The van der Waals surface area contributed by atoms with Crippen LogP contribution in [-0.4, -0.2) is 11.7 Å². The van der Waals surface area contributed by atoms with Crippen LogP contribution >= 0.6 is 27.5 Å². The highest BCUT2D eigenvalue weighted by Crippen LogP contribution is 2.48. The van der Waals surface area contributed by atoms with Crippen LogP contribution in [0.4, 0.5) is 0 Å². The third kappa shape index (κ3) is 3.15. The van der Waals surface area contributed by atoms with Crippen LogP contribution in [0, 0.1) is 11.3 Å². The summed E-state index contributed by atoms with van der Waals surface area (Å²) in [4.78, 5) is 0. The van der Waals surface area contributed by atoms with E-state index in [1.54, 1.807) is 0 Å². The maximum atomic E-state index is 10.8. The van der Waals surface area contributed by atoms with Gasteiger partial charge in [0.25, 0.3) is 0 Å². The van der Waals surface area contributed by atoms with E-state index in [4.69, 9.17) is 17.3 Å². The SMILES string of the molecule is CC1CCC(CN)(C(O)c2cc(Cl)ccc2Br)CC1. The van der Waals surface area contributed by atoms with Crippen LogP contribution in [0.3, 0.4) is 0 Å². The van der Waals surface area contributed by atoms with Crippen molar-refractivity contribution in [3.8, 4) is 0 Å². The fourth-order valence-corrected chi connectivity index (χ4v) is 3.62. The van der Waals surface area contributed by atoms with Gasteiger partial charge < -0.3 is 10.8 Å². The number of benzene rings is 1. The van der Waals surface area contributed by atoms with Crippen molar-refractivity contribution in [1.29, 1.82) is 0 Å². The van der Waals surface area contributed by atoms with Crippen LogP contribution < -0.4 is 5.73 Å². The Labute approximate surface area is 128 Å². The number of rotatable bonds is 3. The van der Waals surface area contributed by atoms with Gasteiger partial charge >= 0.3 is 0 Å². The van der Waals surface area contributed by atoms with Gasteiger partial charge in [0.15, 0.2) is 0 Å². The van der Waals surface area contributed by atoms with E-state index in [-0.39, 0.29) is 5.41 Å². The standard InChI is InChI=1S/C15H21BrClNO/c1-10-4-6-15(9-18,7-5-10)14(19)12-8-11(17)2-3-13(12)16/h2-3,8,10,14,19H,4-7,9,18H2,1H3. The van der Waals surface area contributed by atoms with Gasteiger partial charge in [-0.05, 0) is 42.5 Å². The van der Waals surface area contributed by atoms with E-state index < -0.39 is 6.10 Å². The molecule has 19 heavy (non-hydrogen) atoms. The molecule has 0 bridgehead atoms. The lowest BCUT2D eigenvalue weighted by atomic mass is 9.66. The Kier molecular flexibility index (Phi) is 4.93. The third-order valence-corrected chi connectivity index (χ3v) is 5.47. The van der Waals surface area contributed by atoms with Crippen molar-refractivity contribution in [1.82, 2.24) is 0 Å². The third-order valence-electron chi connectivity index (χ3n) is 4.51. The van der Waals surface area contributed by atoms with Crippen molar-refractivity contribution in [3.05, 3.63) is 33.3 Å². The van der Waals surface area contributed by atoms with Crippen molar-refractivity contribution < 1.29 is 5.11 Å². The maximum Gasteiger partial charge on any atom is 0.0869 e. The van der Waals surface area contributed by atoms with Crippen LogP contribution in [0.2, 0.25) is 5.02 Å². The Bertz CT molecular complexity index is 444. The predicted molar refractivity (Wildman–Crippen MR) is 83.2 cm³/mol. The zero-order chi connectivity index (χ0) is 14.0. The molecule has 0 heterocycles.